The first-order chi connectivity index (χ1) is 7.31. The van der Waals surface area contributed by atoms with Gasteiger partial charge >= 0.3 is 5.97 Å². The van der Waals surface area contributed by atoms with Crippen LogP contribution in [-0.4, -0.2) is 12.6 Å². The summed E-state index contributed by atoms with van der Waals surface area (Å²) in [4.78, 5) is 10.9. The number of ether oxygens (including phenoxy) is 1. The Kier molecular flexibility index (Phi) is 10.3. The molecule has 0 radical (unpaired) electrons. The zero-order valence-corrected chi connectivity index (χ0v) is 9.87. The molecule has 0 aliphatic heterocycles. The average molecular weight is 210 g/mol. The van der Waals surface area contributed by atoms with Gasteiger partial charge in [0, 0.05) is 6.08 Å². The van der Waals surface area contributed by atoms with Crippen LogP contribution in [0.5, 0.6) is 0 Å². The Morgan fingerprint density at radius 1 is 1.13 bits per heavy atom. The Labute approximate surface area is 93.0 Å². The monoisotopic (exact) mass is 210 g/mol. The van der Waals surface area contributed by atoms with Gasteiger partial charge in [0.15, 0.2) is 0 Å². The molecule has 0 amide bonds. The second-order valence-corrected chi connectivity index (χ2v) is 3.36. The zero-order valence-electron chi connectivity index (χ0n) is 9.87. The average Bonchev–Trinajstić information content (AvgIpc) is 2.22. The summed E-state index contributed by atoms with van der Waals surface area (Å²) in [5, 5.41) is 0. The highest BCUT2D eigenvalue weighted by molar-refractivity contribution is 5.81. The van der Waals surface area contributed by atoms with Crippen LogP contribution in [0.1, 0.15) is 46.0 Å². The number of hydrogen-bond donors (Lipinski definition) is 0. The van der Waals surface area contributed by atoms with Crippen molar-refractivity contribution in [3.05, 3.63) is 24.3 Å². The van der Waals surface area contributed by atoms with Gasteiger partial charge < -0.3 is 4.74 Å². The van der Waals surface area contributed by atoms with Gasteiger partial charge in [0.05, 0.1) is 6.61 Å². The van der Waals surface area contributed by atoms with Gasteiger partial charge in [-0.25, -0.2) is 4.79 Å². The summed E-state index contributed by atoms with van der Waals surface area (Å²) in [5.41, 5.74) is 0. The second kappa shape index (κ2) is 11.0. The lowest BCUT2D eigenvalue weighted by Gasteiger charge is -1.96. The molecule has 0 aliphatic carbocycles. The summed E-state index contributed by atoms with van der Waals surface area (Å²) >= 11 is 0. The molecule has 0 unspecified atom stereocenters. The first kappa shape index (κ1) is 13.9. The number of allylic oxidation sites excluding steroid dienone is 3. The molecule has 2 heteroatoms. The van der Waals surface area contributed by atoms with Crippen LogP contribution in [0.15, 0.2) is 24.3 Å². The Balaban J connectivity index is 3.26. The molecular weight excluding hydrogens is 188 g/mol. The summed E-state index contributed by atoms with van der Waals surface area (Å²) < 4.78 is 4.77. The first-order valence-corrected chi connectivity index (χ1v) is 5.75. The Bertz CT molecular complexity index is 205. The molecule has 0 saturated heterocycles. The largest absolute Gasteiger partial charge is 0.463 e. The fourth-order valence-corrected chi connectivity index (χ4v) is 1.24. The predicted octanol–water partition coefficient (Wildman–Crippen LogP) is 3.63. The lowest BCUT2D eigenvalue weighted by molar-refractivity contribution is -0.137. The van der Waals surface area contributed by atoms with Crippen molar-refractivity contribution >= 4 is 5.97 Å². The first-order valence-electron chi connectivity index (χ1n) is 5.75. The molecule has 0 fully saturated rings. The molecule has 0 atom stereocenters. The van der Waals surface area contributed by atoms with Crippen molar-refractivity contribution in [2.45, 2.75) is 46.0 Å². The van der Waals surface area contributed by atoms with Gasteiger partial charge in [-0.1, -0.05) is 24.6 Å². The predicted molar refractivity (Wildman–Crippen MR) is 63.7 cm³/mol. The molecule has 0 aromatic heterocycles. The summed E-state index contributed by atoms with van der Waals surface area (Å²) in [6.45, 7) is 4.31. The molecule has 0 spiro atoms. The van der Waals surface area contributed by atoms with Crippen LogP contribution in [0.3, 0.4) is 0 Å². The van der Waals surface area contributed by atoms with Gasteiger partial charge in [0.1, 0.15) is 0 Å². The maximum Gasteiger partial charge on any atom is 0.330 e. The van der Waals surface area contributed by atoms with Crippen molar-refractivity contribution in [1.29, 1.82) is 0 Å². The fourth-order valence-electron chi connectivity index (χ4n) is 1.24. The van der Waals surface area contributed by atoms with Gasteiger partial charge in [0.25, 0.3) is 0 Å². The van der Waals surface area contributed by atoms with E-state index in [1.165, 1.54) is 18.9 Å². The summed E-state index contributed by atoms with van der Waals surface area (Å²) in [6.07, 6.45) is 13.4. The number of hydrogen-bond acceptors (Lipinski definition) is 2. The molecule has 0 aromatic rings. The van der Waals surface area contributed by atoms with Crippen LogP contribution >= 0.6 is 0 Å². The van der Waals surface area contributed by atoms with E-state index in [1.807, 2.05) is 19.9 Å². The van der Waals surface area contributed by atoms with Crippen LogP contribution in [-0.2, 0) is 9.53 Å². The van der Waals surface area contributed by atoms with E-state index in [2.05, 4.69) is 12.2 Å². The van der Waals surface area contributed by atoms with E-state index in [4.69, 9.17) is 4.74 Å². The van der Waals surface area contributed by atoms with Crippen molar-refractivity contribution in [2.24, 2.45) is 0 Å². The van der Waals surface area contributed by atoms with E-state index in [9.17, 15) is 4.79 Å². The number of unbranched alkanes of at least 4 members (excludes halogenated alkanes) is 4. The number of carbonyl (C=O) groups is 1. The molecule has 15 heavy (non-hydrogen) atoms. The van der Waals surface area contributed by atoms with Crippen molar-refractivity contribution in [2.75, 3.05) is 6.61 Å². The lowest BCUT2D eigenvalue weighted by atomic mass is 10.1. The minimum atomic E-state index is -0.230. The van der Waals surface area contributed by atoms with Crippen LogP contribution in [0.25, 0.3) is 0 Å². The van der Waals surface area contributed by atoms with Crippen molar-refractivity contribution in [3.8, 4) is 0 Å². The molecule has 2 nitrogen and oxygen atoms in total. The topological polar surface area (TPSA) is 26.3 Å². The Morgan fingerprint density at radius 2 is 1.80 bits per heavy atom. The molecule has 0 saturated carbocycles. The standard InChI is InChI=1S/C13H22O2/c1-3-5-6-7-8-9-10-11-12-13(14)15-4-2/h3,5,11-12H,4,6-10H2,1-2H3. The highest BCUT2D eigenvalue weighted by Crippen LogP contribution is 2.04. The van der Waals surface area contributed by atoms with Crippen LogP contribution in [0.4, 0.5) is 0 Å². The summed E-state index contributed by atoms with van der Waals surface area (Å²) in [6, 6.07) is 0. The Hall–Kier alpha value is -1.05. The molecule has 0 heterocycles. The highest BCUT2D eigenvalue weighted by Gasteiger charge is 1.92. The van der Waals surface area contributed by atoms with Crippen molar-refractivity contribution in [3.63, 3.8) is 0 Å². The van der Waals surface area contributed by atoms with E-state index >= 15 is 0 Å². The maximum absolute atomic E-state index is 10.9. The van der Waals surface area contributed by atoms with E-state index in [1.54, 1.807) is 0 Å². The number of rotatable bonds is 8. The molecule has 0 aliphatic rings. The zero-order chi connectivity index (χ0) is 11.4. The minimum absolute atomic E-state index is 0.230. The summed E-state index contributed by atoms with van der Waals surface area (Å²) in [7, 11) is 0. The third kappa shape index (κ3) is 10.9. The molecular formula is C13H22O2. The molecule has 0 rings (SSSR count). The summed E-state index contributed by atoms with van der Waals surface area (Å²) in [5.74, 6) is -0.230. The van der Waals surface area contributed by atoms with E-state index < -0.39 is 0 Å². The highest BCUT2D eigenvalue weighted by atomic mass is 16.5. The van der Waals surface area contributed by atoms with Gasteiger partial charge in [-0.2, -0.15) is 0 Å². The number of carbonyl (C=O) groups excluding carboxylic acids is 1. The minimum Gasteiger partial charge on any atom is -0.463 e. The number of esters is 1. The third-order valence-corrected chi connectivity index (χ3v) is 2.02. The van der Waals surface area contributed by atoms with Gasteiger partial charge in [0.2, 0.25) is 0 Å². The second-order valence-electron chi connectivity index (χ2n) is 3.36. The SMILES string of the molecule is CC=CCCCCCC=CC(=O)OCC. The fraction of sp³-hybridized carbons (Fsp3) is 0.615. The molecule has 86 valence electrons. The van der Waals surface area contributed by atoms with Crippen LogP contribution in [0.2, 0.25) is 0 Å². The molecule has 0 N–H and O–H groups in total. The van der Waals surface area contributed by atoms with Gasteiger partial charge in [-0.3, -0.25) is 0 Å². The molecule has 0 bridgehead atoms. The van der Waals surface area contributed by atoms with Crippen molar-refractivity contribution < 1.29 is 9.53 Å². The van der Waals surface area contributed by atoms with Crippen molar-refractivity contribution in [1.82, 2.24) is 0 Å². The maximum atomic E-state index is 10.9. The smallest absolute Gasteiger partial charge is 0.330 e. The Morgan fingerprint density at radius 3 is 2.40 bits per heavy atom. The van der Waals surface area contributed by atoms with Crippen LogP contribution < -0.4 is 0 Å². The lowest BCUT2D eigenvalue weighted by Crippen LogP contribution is -1.98. The normalized spacial score (nSPS) is 11.3. The molecule has 0 aromatic carbocycles. The third-order valence-electron chi connectivity index (χ3n) is 2.02. The van der Waals surface area contributed by atoms with E-state index in [-0.39, 0.29) is 5.97 Å². The van der Waals surface area contributed by atoms with Gasteiger partial charge in [-0.15, -0.1) is 0 Å². The van der Waals surface area contributed by atoms with E-state index in [0.29, 0.717) is 6.61 Å². The quantitative estimate of drug-likeness (QED) is 0.265. The van der Waals surface area contributed by atoms with E-state index in [0.717, 1.165) is 19.3 Å². The van der Waals surface area contributed by atoms with Crippen LogP contribution in [0, 0.1) is 0 Å². The van der Waals surface area contributed by atoms with Gasteiger partial charge in [-0.05, 0) is 39.5 Å².